The highest BCUT2D eigenvalue weighted by molar-refractivity contribution is 5.80. The number of methoxy groups -OCH3 is 1. The van der Waals surface area contributed by atoms with Crippen LogP contribution in [-0.4, -0.2) is 29.6 Å². The molecule has 0 radical (unpaired) electrons. The third kappa shape index (κ3) is 3.23. The van der Waals surface area contributed by atoms with Crippen molar-refractivity contribution in [2.24, 2.45) is 0 Å². The van der Waals surface area contributed by atoms with Gasteiger partial charge in [-0.1, -0.05) is 30.3 Å². The number of carbonyl (C=O) groups excluding carboxylic acids is 1. The van der Waals surface area contributed by atoms with E-state index in [0.29, 0.717) is 6.42 Å². The maximum atomic E-state index is 12.8. The summed E-state index contributed by atoms with van der Waals surface area (Å²) < 4.78 is 10.8. The lowest BCUT2D eigenvalue weighted by Gasteiger charge is -2.23. The first-order chi connectivity index (χ1) is 11.2. The Morgan fingerprint density at radius 2 is 2.26 bits per heavy atom. The van der Waals surface area contributed by atoms with Crippen LogP contribution in [0.3, 0.4) is 0 Å². The fraction of sp³-hybridized carbons (Fsp3) is 0.444. The van der Waals surface area contributed by atoms with Gasteiger partial charge in [-0.25, -0.2) is 0 Å². The van der Waals surface area contributed by atoms with Gasteiger partial charge < -0.3 is 14.2 Å². The SMILES string of the molecule is CCc1cc([C@H]2CCCN2C(=O)Cc2ccccc2OC)on1. The summed E-state index contributed by atoms with van der Waals surface area (Å²) in [5.41, 5.74) is 1.85. The Labute approximate surface area is 136 Å². The van der Waals surface area contributed by atoms with E-state index in [4.69, 9.17) is 9.26 Å². The number of hydrogen-bond donors (Lipinski definition) is 0. The van der Waals surface area contributed by atoms with Gasteiger partial charge >= 0.3 is 0 Å². The Hall–Kier alpha value is -2.30. The first-order valence-corrected chi connectivity index (χ1v) is 8.09. The number of benzene rings is 1. The lowest BCUT2D eigenvalue weighted by Crippen LogP contribution is -2.31. The van der Waals surface area contributed by atoms with Gasteiger partial charge in [0.05, 0.1) is 25.3 Å². The van der Waals surface area contributed by atoms with Crippen LogP contribution in [0.2, 0.25) is 0 Å². The third-order valence-corrected chi connectivity index (χ3v) is 4.38. The van der Waals surface area contributed by atoms with E-state index in [1.165, 1.54) is 0 Å². The number of ether oxygens (including phenoxy) is 1. The van der Waals surface area contributed by atoms with Gasteiger partial charge in [-0.2, -0.15) is 0 Å². The van der Waals surface area contributed by atoms with E-state index in [-0.39, 0.29) is 11.9 Å². The predicted octanol–water partition coefficient (Wildman–Crippen LogP) is 3.15. The Balaban J connectivity index is 1.75. The zero-order valence-electron chi connectivity index (χ0n) is 13.6. The molecule has 3 rings (SSSR count). The van der Waals surface area contributed by atoms with Gasteiger partial charge in [-0.15, -0.1) is 0 Å². The molecule has 0 saturated carbocycles. The number of amides is 1. The highest BCUT2D eigenvalue weighted by Crippen LogP contribution is 2.33. The van der Waals surface area contributed by atoms with Gasteiger partial charge in [0.1, 0.15) is 5.75 Å². The normalized spacial score (nSPS) is 17.5. The van der Waals surface area contributed by atoms with E-state index in [2.05, 4.69) is 5.16 Å². The minimum atomic E-state index is 0.00464. The Morgan fingerprint density at radius 1 is 1.43 bits per heavy atom. The van der Waals surface area contributed by atoms with Gasteiger partial charge in [0.15, 0.2) is 5.76 Å². The second kappa shape index (κ2) is 6.86. The molecule has 5 heteroatoms. The lowest BCUT2D eigenvalue weighted by atomic mass is 10.1. The van der Waals surface area contributed by atoms with Gasteiger partial charge in [-0.05, 0) is 25.3 Å². The molecule has 0 aliphatic carbocycles. The average molecular weight is 314 g/mol. The first-order valence-electron chi connectivity index (χ1n) is 8.09. The van der Waals surface area contributed by atoms with Crippen LogP contribution in [0.4, 0.5) is 0 Å². The van der Waals surface area contributed by atoms with Crippen LogP contribution in [0.5, 0.6) is 5.75 Å². The van der Waals surface area contributed by atoms with Crippen molar-refractivity contribution in [1.82, 2.24) is 10.1 Å². The first kappa shape index (κ1) is 15.6. The van der Waals surface area contributed by atoms with Gasteiger partial charge in [0.25, 0.3) is 0 Å². The maximum absolute atomic E-state index is 12.8. The standard InChI is InChI=1S/C18H22N2O3/c1-3-14-12-17(23-19-14)15-8-6-10-20(15)18(21)11-13-7-4-5-9-16(13)22-2/h4-5,7,9,12,15H,3,6,8,10-11H2,1-2H3/t15-/m1/s1. The zero-order chi connectivity index (χ0) is 16.2. The summed E-state index contributed by atoms with van der Waals surface area (Å²) in [6.07, 6.45) is 3.10. The highest BCUT2D eigenvalue weighted by atomic mass is 16.5. The molecule has 1 atom stereocenters. The average Bonchev–Trinajstić information content (AvgIpc) is 3.23. The molecular formula is C18H22N2O3. The molecule has 0 unspecified atom stereocenters. The van der Waals surface area contributed by atoms with Crippen LogP contribution in [-0.2, 0) is 17.6 Å². The second-order valence-corrected chi connectivity index (χ2v) is 5.81. The number of para-hydroxylation sites is 1. The van der Waals surface area contributed by atoms with E-state index in [9.17, 15) is 4.79 Å². The molecule has 1 aromatic carbocycles. The van der Waals surface area contributed by atoms with Gasteiger partial charge in [-0.3, -0.25) is 4.79 Å². The van der Waals surface area contributed by atoms with E-state index >= 15 is 0 Å². The number of hydrogen-bond acceptors (Lipinski definition) is 4. The second-order valence-electron chi connectivity index (χ2n) is 5.81. The predicted molar refractivity (Wildman–Crippen MR) is 86.3 cm³/mol. The molecule has 1 saturated heterocycles. The number of likely N-dealkylation sites (tertiary alicyclic amines) is 1. The van der Waals surface area contributed by atoms with Crippen LogP contribution < -0.4 is 4.74 Å². The van der Waals surface area contributed by atoms with Crippen LogP contribution in [0, 0.1) is 0 Å². The molecule has 23 heavy (non-hydrogen) atoms. The van der Waals surface area contributed by atoms with E-state index in [0.717, 1.165) is 48.6 Å². The van der Waals surface area contributed by atoms with Crippen LogP contribution in [0.15, 0.2) is 34.9 Å². The fourth-order valence-corrected chi connectivity index (χ4v) is 3.13. The fourth-order valence-electron chi connectivity index (χ4n) is 3.13. The lowest BCUT2D eigenvalue weighted by molar-refractivity contribution is -0.131. The molecule has 1 aliphatic rings. The minimum absolute atomic E-state index is 0.00464. The smallest absolute Gasteiger partial charge is 0.227 e. The molecule has 0 N–H and O–H groups in total. The van der Waals surface area contributed by atoms with Crippen molar-refractivity contribution in [3.05, 3.63) is 47.3 Å². The third-order valence-electron chi connectivity index (χ3n) is 4.38. The van der Waals surface area contributed by atoms with Crippen molar-refractivity contribution in [3.63, 3.8) is 0 Å². The summed E-state index contributed by atoms with van der Waals surface area (Å²) in [5, 5.41) is 4.05. The summed E-state index contributed by atoms with van der Waals surface area (Å²) in [5.74, 6) is 1.66. The molecule has 0 spiro atoms. The molecule has 1 amide bonds. The molecule has 1 fully saturated rings. The van der Waals surface area contributed by atoms with Crippen molar-refractivity contribution in [1.29, 1.82) is 0 Å². The van der Waals surface area contributed by atoms with Gasteiger partial charge in [0, 0.05) is 18.2 Å². The molecule has 1 aliphatic heterocycles. The summed E-state index contributed by atoms with van der Waals surface area (Å²) in [4.78, 5) is 14.7. The van der Waals surface area contributed by atoms with Crippen LogP contribution in [0.25, 0.3) is 0 Å². The minimum Gasteiger partial charge on any atom is -0.496 e. The summed E-state index contributed by atoms with van der Waals surface area (Å²) in [6.45, 7) is 2.81. The van der Waals surface area contributed by atoms with Crippen molar-refractivity contribution in [2.45, 2.75) is 38.6 Å². The molecule has 2 heterocycles. The Kier molecular flexibility index (Phi) is 4.65. The monoisotopic (exact) mass is 314 g/mol. The van der Waals surface area contributed by atoms with E-state index < -0.39 is 0 Å². The Bertz CT molecular complexity index is 680. The molecule has 0 bridgehead atoms. The van der Waals surface area contributed by atoms with Crippen LogP contribution in [0.1, 0.15) is 42.8 Å². The molecule has 1 aromatic heterocycles. The number of aryl methyl sites for hydroxylation is 1. The molecular weight excluding hydrogens is 292 g/mol. The number of nitrogens with zero attached hydrogens (tertiary/aromatic N) is 2. The van der Waals surface area contributed by atoms with Crippen molar-refractivity contribution in [3.8, 4) is 5.75 Å². The van der Waals surface area contributed by atoms with E-state index in [1.54, 1.807) is 7.11 Å². The van der Waals surface area contributed by atoms with E-state index in [1.807, 2.05) is 42.2 Å². The Morgan fingerprint density at radius 3 is 3.00 bits per heavy atom. The maximum Gasteiger partial charge on any atom is 0.227 e. The quantitative estimate of drug-likeness (QED) is 0.850. The summed E-state index contributed by atoms with van der Waals surface area (Å²) in [7, 11) is 1.63. The molecule has 5 nitrogen and oxygen atoms in total. The van der Waals surface area contributed by atoms with Crippen molar-refractivity contribution in [2.75, 3.05) is 13.7 Å². The van der Waals surface area contributed by atoms with Crippen molar-refractivity contribution < 1.29 is 14.1 Å². The van der Waals surface area contributed by atoms with Crippen molar-refractivity contribution >= 4 is 5.91 Å². The molecule has 122 valence electrons. The van der Waals surface area contributed by atoms with Crippen LogP contribution >= 0.6 is 0 Å². The number of carbonyl (C=O) groups is 1. The largest absolute Gasteiger partial charge is 0.496 e. The summed E-state index contributed by atoms with van der Waals surface area (Å²) in [6, 6.07) is 9.63. The zero-order valence-corrected chi connectivity index (χ0v) is 13.6. The topological polar surface area (TPSA) is 55.6 Å². The highest BCUT2D eigenvalue weighted by Gasteiger charge is 2.32. The number of rotatable bonds is 5. The number of aromatic nitrogens is 1. The molecule has 2 aromatic rings. The summed E-state index contributed by atoms with van der Waals surface area (Å²) >= 11 is 0. The van der Waals surface area contributed by atoms with Gasteiger partial charge in [0.2, 0.25) is 5.91 Å².